The van der Waals surface area contributed by atoms with Crippen LogP contribution in [0, 0.1) is 12.3 Å². The SMILES string of the molecule is C#CCOc1ccc(C(SC)=[N+]2CCOCC2)c(OC)c1. The highest BCUT2D eigenvalue weighted by Crippen LogP contribution is 2.28. The summed E-state index contributed by atoms with van der Waals surface area (Å²) in [7, 11) is 1.67. The summed E-state index contributed by atoms with van der Waals surface area (Å²) in [6.45, 7) is 3.57. The van der Waals surface area contributed by atoms with E-state index in [9.17, 15) is 0 Å². The third-order valence-corrected chi connectivity index (χ3v) is 4.08. The van der Waals surface area contributed by atoms with Crippen LogP contribution in [0.5, 0.6) is 11.5 Å². The third-order valence-electron chi connectivity index (χ3n) is 3.22. The van der Waals surface area contributed by atoms with Gasteiger partial charge in [-0.25, -0.2) is 4.58 Å². The first kappa shape index (κ1) is 15.7. The largest absolute Gasteiger partial charge is 0.496 e. The van der Waals surface area contributed by atoms with Crippen molar-refractivity contribution in [3.63, 3.8) is 0 Å². The molecule has 1 aliphatic heterocycles. The van der Waals surface area contributed by atoms with Crippen molar-refractivity contribution in [2.45, 2.75) is 0 Å². The van der Waals surface area contributed by atoms with Crippen molar-refractivity contribution in [1.29, 1.82) is 0 Å². The molecule has 1 aromatic carbocycles. The lowest BCUT2D eigenvalue weighted by Crippen LogP contribution is -2.32. The van der Waals surface area contributed by atoms with Crippen LogP contribution in [0.3, 0.4) is 0 Å². The number of rotatable bonds is 4. The van der Waals surface area contributed by atoms with Crippen LogP contribution in [0.4, 0.5) is 0 Å². The summed E-state index contributed by atoms with van der Waals surface area (Å²) in [4.78, 5) is 0. The Hall–Kier alpha value is -1.64. The molecule has 1 aromatic rings. The Morgan fingerprint density at radius 1 is 1.43 bits per heavy atom. The van der Waals surface area contributed by atoms with E-state index >= 15 is 0 Å². The van der Waals surface area contributed by atoms with Crippen LogP contribution in [0.25, 0.3) is 0 Å². The molecule has 1 fully saturated rings. The Morgan fingerprint density at radius 2 is 2.19 bits per heavy atom. The molecular weight excluding hydrogens is 286 g/mol. The molecule has 0 atom stereocenters. The molecule has 0 radical (unpaired) electrons. The Bertz CT molecular complexity index is 555. The van der Waals surface area contributed by atoms with E-state index < -0.39 is 0 Å². The average Bonchev–Trinajstić information content (AvgIpc) is 2.55. The Morgan fingerprint density at radius 3 is 2.81 bits per heavy atom. The minimum atomic E-state index is 0.255. The molecule has 2 rings (SSSR count). The summed E-state index contributed by atoms with van der Waals surface area (Å²) < 4.78 is 18.7. The van der Waals surface area contributed by atoms with E-state index in [0.717, 1.165) is 43.4 Å². The molecule has 0 aliphatic carbocycles. The first-order valence-corrected chi connectivity index (χ1v) is 8.01. The monoisotopic (exact) mass is 306 g/mol. The molecule has 1 aliphatic rings. The molecule has 21 heavy (non-hydrogen) atoms. The summed E-state index contributed by atoms with van der Waals surface area (Å²) in [5.74, 6) is 3.97. The van der Waals surface area contributed by atoms with Gasteiger partial charge in [-0.1, -0.05) is 17.7 Å². The molecule has 4 nitrogen and oxygen atoms in total. The smallest absolute Gasteiger partial charge is 0.245 e. The second kappa shape index (κ2) is 7.96. The standard InChI is InChI=1S/C16H20NO3S/c1-4-9-20-13-5-6-14(15(12-13)18-2)16(21-3)17-7-10-19-11-8-17/h1,5-6,12H,7-11H2,2-3H3/q+1. The van der Waals surface area contributed by atoms with Crippen LogP contribution in [-0.2, 0) is 4.74 Å². The Kier molecular flexibility index (Phi) is 5.97. The van der Waals surface area contributed by atoms with E-state index in [0.29, 0.717) is 0 Å². The van der Waals surface area contributed by atoms with Crippen molar-refractivity contribution >= 4 is 16.8 Å². The maximum absolute atomic E-state index is 5.52. The van der Waals surface area contributed by atoms with Crippen molar-refractivity contribution in [3.05, 3.63) is 23.8 Å². The number of hydrogen-bond donors (Lipinski definition) is 0. The van der Waals surface area contributed by atoms with Gasteiger partial charge in [0.2, 0.25) is 5.04 Å². The van der Waals surface area contributed by atoms with Crippen LogP contribution >= 0.6 is 11.8 Å². The van der Waals surface area contributed by atoms with Crippen LogP contribution in [0.15, 0.2) is 18.2 Å². The zero-order valence-corrected chi connectivity index (χ0v) is 13.2. The van der Waals surface area contributed by atoms with Gasteiger partial charge in [0.25, 0.3) is 0 Å². The summed E-state index contributed by atoms with van der Waals surface area (Å²) in [5, 5.41) is 1.19. The maximum Gasteiger partial charge on any atom is 0.245 e. The number of morpholine rings is 1. The van der Waals surface area contributed by atoms with Gasteiger partial charge < -0.3 is 14.2 Å². The van der Waals surface area contributed by atoms with Crippen LogP contribution in [0.1, 0.15) is 5.56 Å². The molecule has 0 unspecified atom stereocenters. The molecule has 1 saturated heterocycles. The summed E-state index contributed by atoms with van der Waals surface area (Å²) in [6, 6.07) is 5.82. The van der Waals surface area contributed by atoms with Gasteiger partial charge in [0.05, 0.1) is 12.7 Å². The van der Waals surface area contributed by atoms with Crippen LogP contribution in [-0.4, -0.2) is 55.9 Å². The second-order valence-corrected chi connectivity index (χ2v) is 5.26. The van der Waals surface area contributed by atoms with E-state index in [1.807, 2.05) is 18.2 Å². The Labute approximate surface area is 130 Å². The number of methoxy groups -OCH3 is 1. The molecule has 0 bridgehead atoms. The highest BCUT2D eigenvalue weighted by molar-refractivity contribution is 8.13. The molecular formula is C16H20NO3S+. The van der Waals surface area contributed by atoms with Crippen molar-refractivity contribution < 1.29 is 18.8 Å². The van der Waals surface area contributed by atoms with Crippen molar-refractivity contribution in [3.8, 4) is 23.8 Å². The van der Waals surface area contributed by atoms with Crippen molar-refractivity contribution in [2.75, 3.05) is 46.3 Å². The van der Waals surface area contributed by atoms with Gasteiger partial charge in [-0.2, -0.15) is 0 Å². The number of benzene rings is 1. The van der Waals surface area contributed by atoms with Gasteiger partial charge in [-0.15, -0.1) is 6.42 Å². The first-order valence-electron chi connectivity index (χ1n) is 6.78. The van der Waals surface area contributed by atoms with Gasteiger partial charge in [0, 0.05) is 6.07 Å². The highest BCUT2D eigenvalue weighted by Gasteiger charge is 2.23. The number of nitrogens with zero attached hydrogens (tertiary/aromatic N) is 1. The minimum Gasteiger partial charge on any atom is -0.496 e. The Balaban J connectivity index is 2.34. The second-order valence-electron chi connectivity index (χ2n) is 4.46. The lowest BCUT2D eigenvalue weighted by Gasteiger charge is -2.16. The zero-order valence-electron chi connectivity index (χ0n) is 12.4. The van der Waals surface area contributed by atoms with E-state index in [2.05, 4.69) is 16.8 Å². The van der Waals surface area contributed by atoms with Gasteiger partial charge in [0.1, 0.15) is 31.3 Å². The van der Waals surface area contributed by atoms with E-state index in [-0.39, 0.29) is 6.61 Å². The highest BCUT2D eigenvalue weighted by atomic mass is 32.2. The average molecular weight is 306 g/mol. The van der Waals surface area contributed by atoms with E-state index in [4.69, 9.17) is 20.6 Å². The number of hydrogen-bond acceptors (Lipinski definition) is 4. The minimum absolute atomic E-state index is 0.255. The molecule has 0 N–H and O–H groups in total. The van der Waals surface area contributed by atoms with E-state index in [1.165, 1.54) is 5.04 Å². The van der Waals surface area contributed by atoms with Crippen LogP contribution < -0.4 is 9.47 Å². The molecule has 112 valence electrons. The number of ether oxygens (including phenoxy) is 3. The molecule has 1 heterocycles. The van der Waals surface area contributed by atoms with Gasteiger partial charge >= 0.3 is 0 Å². The lowest BCUT2D eigenvalue weighted by atomic mass is 10.2. The number of terminal acetylenes is 1. The molecule has 0 aromatic heterocycles. The predicted molar refractivity (Wildman–Crippen MR) is 85.8 cm³/mol. The fourth-order valence-corrected chi connectivity index (χ4v) is 3.07. The van der Waals surface area contributed by atoms with Crippen molar-refractivity contribution in [2.24, 2.45) is 0 Å². The molecule has 0 amide bonds. The number of thioether (sulfide) groups is 1. The zero-order chi connectivity index (χ0) is 15.1. The molecule has 5 heteroatoms. The maximum atomic E-state index is 5.52. The molecule has 0 spiro atoms. The first-order chi connectivity index (χ1) is 10.3. The van der Waals surface area contributed by atoms with Gasteiger partial charge in [-0.3, -0.25) is 0 Å². The fourth-order valence-electron chi connectivity index (χ4n) is 2.24. The van der Waals surface area contributed by atoms with Gasteiger partial charge in [0.15, 0.2) is 13.1 Å². The third kappa shape index (κ3) is 3.93. The van der Waals surface area contributed by atoms with Gasteiger partial charge in [-0.05, 0) is 18.4 Å². The quantitative estimate of drug-likeness (QED) is 0.483. The molecule has 0 saturated carbocycles. The topological polar surface area (TPSA) is 30.7 Å². The normalized spacial score (nSPS) is 14.4. The summed E-state index contributed by atoms with van der Waals surface area (Å²) in [6.07, 6.45) is 7.29. The summed E-state index contributed by atoms with van der Waals surface area (Å²) in [5.41, 5.74) is 1.07. The van der Waals surface area contributed by atoms with Crippen LogP contribution in [0.2, 0.25) is 0 Å². The lowest BCUT2D eigenvalue weighted by molar-refractivity contribution is -0.546. The summed E-state index contributed by atoms with van der Waals surface area (Å²) >= 11 is 1.72. The fraction of sp³-hybridized carbons (Fsp3) is 0.438. The van der Waals surface area contributed by atoms with E-state index in [1.54, 1.807) is 18.9 Å². The predicted octanol–water partition coefficient (Wildman–Crippen LogP) is 1.86. The van der Waals surface area contributed by atoms with Crippen molar-refractivity contribution in [1.82, 2.24) is 0 Å².